The van der Waals surface area contributed by atoms with Crippen LogP contribution in [0.2, 0.25) is 0 Å². The molecule has 1 amide bonds. The number of amides is 1. The summed E-state index contributed by atoms with van der Waals surface area (Å²) in [5, 5.41) is 1.89. The van der Waals surface area contributed by atoms with E-state index in [9.17, 15) is 4.79 Å². The Bertz CT molecular complexity index is 1000. The van der Waals surface area contributed by atoms with Crippen LogP contribution in [0.3, 0.4) is 0 Å². The second kappa shape index (κ2) is 8.56. The molecular weight excluding hydrogens is 384 g/mol. The van der Waals surface area contributed by atoms with Crippen molar-refractivity contribution in [2.45, 2.75) is 37.3 Å². The summed E-state index contributed by atoms with van der Waals surface area (Å²) in [4.78, 5) is 22.9. The van der Waals surface area contributed by atoms with Gasteiger partial charge in [0, 0.05) is 19.5 Å². The number of likely N-dealkylation sites (tertiary alicyclic amines) is 1. The Morgan fingerprint density at radius 2 is 1.35 bits per heavy atom. The Labute approximate surface area is 184 Å². The van der Waals surface area contributed by atoms with E-state index < -0.39 is 5.54 Å². The van der Waals surface area contributed by atoms with Gasteiger partial charge in [-0.25, -0.2) is 5.06 Å². The lowest BCUT2D eigenvalue weighted by Gasteiger charge is -2.41. The van der Waals surface area contributed by atoms with Gasteiger partial charge >= 0.3 is 0 Å². The molecule has 2 fully saturated rings. The fraction of sp³-hybridized carbons (Fsp3) is 0.296. The monoisotopic (exact) mass is 412 g/mol. The van der Waals surface area contributed by atoms with Crippen molar-refractivity contribution in [2.24, 2.45) is 0 Å². The summed E-state index contributed by atoms with van der Waals surface area (Å²) in [6, 6.07) is 30.4. The summed E-state index contributed by atoms with van der Waals surface area (Å²) < 4.78 is 0. The van der Waals surface area contributed by atoms with Gasteiger partial charge in [0.05, 0.1) is 5.69 Å². The molecule has 2 heterocycles. The van der Waals surface area contributed by atoms with Crippen molar-refractivity contribution in [3.63, 3.8) is 0 Å². The summed E-state index contributed by atoms with van der Waals surface area (Å²) in [7, 11) is 0. The molecule has 2 unspecified atom stereocenters. The minimum absolute atomic E-state index is 0.140. The lowest BCUT2D eigenvalue weighted by Crippen LogP contribution is -2.55. The summed E-state index contributed by atoms with van der Waals surface area (Å²) >= 11 is 0. The van der Waals surface area contributed by atoms with Crippen LogP contribution in [0, 0.1) is 0 Å². The zero-order valence-corrected chi connectivity index (χ0v) is 17.7. The van der Waals surface area contributed by atoms with Gasteiger partial charge in [0.15, 0.2) is 5.54 Å². The van der Waals surface area contributed by atoms with Crippen LogP contribution in [-0.2, 0) is 15.2 Å². The molecular formula is C27H28N2O2. The molecule has 0 N–H and O–H groups in total. The molecule has 2 aliphatic heterocycles. The molecule has 2 aliphatic rings. The van der Waals surface area contributed by atoms with Gasteiger partial charge in [-0.2, -0.15) is 0 Å². The van der Waals surface area contributed by atoms with E-state index in [1.807, 2.05) is 76.7 Å². The highest BCUT2D eigenvalue weighted by atomic mass is 16.7. The van der Waals surface area contributed by atoms with Crippen molar-refractivity contribution in [2.75, 3.05) is 18.2 Å². The molecule has 0 radical (unpaired) electrons. The van der Waals surface area contributed by atoms with Crippen LogP contribution in [0.4, 0.5) is 5.69 Å². The summed E-state index contributed by atoms with van der Waals surface area (Å²) in [6.07, 6.45) is 3.68. The van der Waals surface area contributed by atoms with E-state index >= 15 is 0 Å². The molecule has 2 saturated heterocycles. The Hall–Kier alpha value is -3.11. The number of carbonyl (C=O) groups excluding carboxylic acids is 1. The average Bonchev–Trinajstić information content (AvgIpc) is 3.28. The topological polar surface area (TPSA) is 32.8 Å². The van der Waals surface area contributed by atoms with Crippen LogP contribution < -0.4 is 5.06 Å². The molecule has 0 spiro atoms. The Balaban J connectivity index is 1.66. The molecule has 31 heavy (non-hydrogen) atoms. The second-order valence-electron chi connectivity index (χ2n) is 8.42. The first-order chi connectivity index (χ1) is 15.3. The molecule has 5 rings (SSSR count). The van der Waals surface area contributed by atoms with Gasteiger partial charge in [-0.1, -0.05) is 78.9 Å². The summed E-state index contributed by atoms with van der Waals surface area (Å²) in [5.41, 5.74) is 2.07. The van der Waals surface area contributed by atoms with Crippen LogP contribution >= 0.6 is 0 Å². The van der Waals surface area contributed by atoms with Crippen LogP contribution in [0.1, 0.15) is 42.9 Å². The van der Waals surface area contributed by atoms with Gasteiger partial charge in [0.25, 0.3) is 5.91 Å². The highest BCUT2D eigenvalue weighted by Crippen LogP contribution is 2.50. The predicted molar refractivity (Wildman–Crippen MR) is 122 cm³/mol. The van der Waals surface area contributed by atoms with E-state index in [2.05, 4.69) is 24.3 Å². The molecule has 0 aromatic heterocycles. The van der Waals surface area contributed by atoms with E-state index in [1.54, 1.807) is 0 Å². The van der Waals surface area contributed by atoms with Crippen molar-refractivity contribution in [3.05, 3.63) is 102 Å². The zero-order chi connectivity index (χ0) is 21.1. The minimum Gasteiger partial charge on any atom is -0.340 e. The van der Waals surface area contributed by atoms with Crippen LogP contribution in [0.5, 0.6) is 0 Å². The summed E-state index contributed by atoms with van der Waals surface area (Å²) in [5.74, 6) is 0.140. The SMILES string of the molecule is O=C(N1CCCCC1)C1(c2ccccc2)CC(c2ccccc2)ON1c1ccccc1. The van der Waals surface area contributed by atoms with E-state index in [0.29, 0.717) is 6.42 Å². The van der Waals surface area contributed by atoms with Crippen molar-refractivity contribution < 1.29 is 9.63 Å². The van der Waals surface area contributed by atoms with Crippen molar-refractivity contribution >= 4 is 11.6 Å². The number of piperidine rings is 1. The lowest BCUT2D eigenvalue weighted by molar-refractivity contribution is -0.139. The molecule has 4 heteroatoms. The third-order valence-electron chi connectivity index (χ3n) is 6.47. The third-order valence-corrected chi connectivity index (χ3v) is 6.47. The van der Waals surface area contributed by atoms with E-state index in [1.165, 1.54) is 6.42 Å². The smallest absolute Gasteiger partial charge is 0.255 e. The van der Waals surface area contributed by atoms with Crippen molar-refractivity contribution in [3.8, 4) is 0 Å². The summed E-state index contributed by atoms with van der Waals surface area (Å²) in [6.45, 7) is 1.62. The first-order valence-electron chi connectivity index (χ1n) is 11.2. The highest BCUT2D eigenvalue weighted by Gasteiger charge is 2.56. The number of hydroxylamine groups is 1. The number of benzene rings is 3. The average molecular weight is 413 g/mol. The van der Waals surface area contributed by atoms with E-state index in [4.69, 9.17) is 4.84 Å². The van der Waals surface area contributed by atoms with Crippen LogP contribution in [-0.4, -0.2) is 23.9 Å². The Morgan fingerprint density at radius 1 is 0.774 bits per heavy atom. The first-order valence-corrected chi connectivity index (χ1v) is 11.2. The number of rotatable bonds is 4. The molecule has 4 nitrogen and oxygen atoms in total. The predicted octanol–water partition coefficient (Wildman–Crippen LogP) is 5.48. The maximum Gasteiger partial charge on any atom is 0.255 e. The number of para-hydroxylation sites is 1. The number of nitrogens with zero attached hydrogens (tertiary/aromatic N) is 2. The molecule has 0 bridgehead atoms. The van der Waals surface area contributed by atoms with Gasteiger partial charge in [0.1, 0.15) is 6.10 Å². The Morgan fingerprint density at radius 3 is 2.00 bits per heavy atom. The zero-order valence-electron chi connectivity index (χ0n) is 17.7. The van der Waals surface area contributed by atoms with Gasteiger partial charge in [-0.05, 0) is 42.5 Å². The fourth-order valence-electron chi connectivity index (χ4n) is 4.90. The van der Waals surface area contributed by atoms with E-state index in [0.717, 1.165) is 42.7 Å². The lowest BCUT2D eigenvalue weighted by atomic mass is 9.81. The second-order valence-corrected chi connectivity index (χ2v) is 8.42. The maximum atomic E-state index is 14.3. The Kier molecular flexibility index (Phi) is 5.47. The first kappa shape index (κ1) is 19.8. The molecule has 3 aromatic rings. The maximum absolute atomic E-state index is 14.3. The number of hydrogen-bond acceptors (Lipinski definition) is 3. The molecule has 3 aromatic carbocycles. The quantitative estimate of drug-likeness (QED) is 0.569. The minimum atomic E-state index is -0.902. The van der Waals surface area contributed by atoms with Crippen molar-refractivity contribution in [1.29, 1.82) is 0 Å². The van der Waals surface area contributed by atoms with Crippen molar-refractivity contribution in [1.82, 2.24) is 4.90 Å². The number of anilines is 1. The third kappa shape index (κ3) is 3.61. The normalized spacial score (nSPS) is 23.7. The van der Waals surface area contributed by atoms with E-state index in [-0.39, 0.29) is 12.0 Å². The fourth-order valence-corrected chi connectivity index (χ4v) is 4.90. The van der Waals surface area contributed by atoms with Crippen LogP contribution in [0.15, 0.2) is 91.0 Å². The molecule has 0 aliphatic carbocycles. The highest BCUT2D eigenvalue weighted by molar-refractivity contribution is 5.91. The van der Waals surface area contributed by atoms with Gasteiger partial charge in [-0.3, -0.25) is 9.63 Å². The largest absolute Gasteiger partial charge is 0.340 e. The molecule has 0 saturated carbocycles. The van der Waals surface area contributed by atoms with Gasteiger partial charge in [-0.15, -0.1) is 0 Å². The number of carbonyl (C=O) groups is 1. The number of hydrogen-bond donors (Lipinski definition) is 0. The molecule has 158 valence electrons. The molecule has 2 atom stereocenters. The standard InChI is InChI=1S/C27H28N2O2/c30-26(28-19-11-4-12-20-28)27(23-15-7-2-8-16-23)21-25(22-13-5-1-6-14-22)31-29(27)24-17-9-3-10-18-24/h1-3,5-10,13-18,25H,4,11-12,19-21H2. The van der Waals surface area contributed by atoms with Gasteiger partial charge in [0.2, 0.25) is 0 Å². The van der Waals surface area contributed by atoms with Gasteiger partial charge < -0.3 is 4.90 Å². The van der Waals surface area contributed by atoms with Crippen LogP contribution in [0.25, 0.3) is 0 Å².